The lowest BCUT2D eigenvalue weighted by Crippen LogP contribution is -2.26. The van der Waals surface area contributed by atoms with Crippen LogP contribution in [0.5, 0.6) is 6.01 Å². The number of aryl methyl sites for hydroxylation is 1. The third kappa shape index (κ3) is 3.90. The van der Waals surface area contributed by atoms with E-state index in [1.807, 2.05) is 13.1 Å². The van der Waals surface area contributed by atoms with Crippen molar-refractivity contribution < 1.29 is 4.74 Å². The molecule has 1 aromatic heterocycles. The number of nitrogens with zero attached hydrogens (tertiary/aromatic N) is 3. The number of hydrogen-bond donors (Lipinski definition) is 1. The first-order valence-electron chi connectivity index (χ1n) is 7.61. The predicted octanol–water partition coefficient (Wildman–Crippen LogP) is 1.51. The average Bonchev–Trinajstić information content (AvgIpc) is 3.28. The molecule has 0 unspecified atom stereocenters. The van der Waals surface area contributed by atoms with Crippen molar-refractivity contribution in [3.63, 3.8) is 0 Å². The van der Waals surface area contributed by atoms with Crippen LogP contribution in [0.3, 0.4) is 0 Å². The molecular weight excluding hydrogens is 252 g/mol. The van der Waals surface area contributed by atoms with Gasteiger partial charge in [-0.3, -0.25) is 0 Å². The topological polar surface area (TPSA) is 50.3 Å². The number of nitrogens with one attached hydrogen (secondary N) is 1. The zero-order valence-electron chi connectivity index (χ0n) is 12.4. The minimum atomic E-state index is 0.502. The fourth-order valence-electron chi connectivity index (χ4n) is 2.23. The average molecular weight is 276 g/mol. The van der Waals surface area contributed by atoms with Gasteiger partial charge < -0.3 is 15.0 Å². The summed E-state index contributed by atoms with van der Waals surface area (Å²) in [4.78, 5) is 11.1. The summed E-state index contributed by atoms with van der Waals surface area (Å²) in [6.45, 7) is 4.49. The van der Waals surface area contributed by atoms with Crippen LogP contribution in [0.1, 0.15) is 36.9 Å². The Labute approximate surface area is 120 Å². The Bertz CT molecular complexity index is 457. The molecular formula is C15H24N4O. The van der Waals surface area contributed by atoms with Crippen molar-refractivity contribution >= 4 is 0 Å². The molecule has 0 aromatic carbocycles. The highest BCUT2D eigenvalue weighted by atomic mass is 16.5. The molecule has 1 aromatic rings. The molecule has 0 amide bonds. The van der Waals surface area contributed by atoms with E-state index < -0.39 is 0 Å². The molecule has 2 fully saturated rings. The molecule has 5 nitrogen and oxygen atoms in total. The highest BCUT2D eigenvalue weighted by Gasteiger charge is 2.25. The zero-order valence-corrected chi connectivity index (χ0v) is 12.4. The van der Waals surface area contributed by atoms with Crippen molar-refractivity contribution in [2.75, 3.05) is 20.2 Å². The maximum Gasteiger partial charge on any atom is 0.316 e. The Balaban J connectivity index is 1.45. The van der Waals surface area contributed by atoms with Crippen LogP contribution in [0.15, 0.2) is 6.20 Å². The number of rotatable bonds is 8. The first kappa shape index (κ1) is 13.8. The normalized spacial score (nSPS) is 18.6. The number of aromatic nitrogens is 2. The van der Waals surface area contributed by atoms with Crippen molar-refractivity contribution in [1.82, 2.24) is 20.2 Å². The van der Waals surface area contributed by atoms with Crippen molar-refractivity contribution in [3.05, 3.63) is 17.5 Å². The van der Waals surface area contributed by atoms with Gasteiger partial charge in [-0.05, 0) is 39.7 Å². The Morgan fingerprint density at radius 3 is 2.80 bits per heavy atom. The van der Waals surface area contributed by atoms with Crippen LogP contribution in [-0.2, 0) is 6.54 Å². The van der Waals surface area contributed by atoms with Gasteiger partial charge >= 0.3 is 6.01 Å². The van der Waals surface area contributed by atoms with Gasteiger partial charge in [0.1, 0.15) is 6.61 Å². The number of hydrogen-bond acceptors (Lipinski definition) is 5. The molecule has 0 spiro atoms. The van der Waals surface area contributed by atoms with Gasteiger partial charge in [-0.1, -0.05) is 0 Å². The summed E-state index contributed by atoms with van der Waals surface area (Å²) in [7, 11) is 2.15. The molecule has 2 saturated carbocycles. The van der Waals surface area contributed by atoms with Crippen LogP contribution < -0.4 is 10.1 Å². The lowest BCUT2D eigenvalue weighted by molar-refractivity contribution is 0.220. The minimum Gasteiger partial charge on any atom is -0.462 e. The predicted molar refractivity (Wildman–Crippen MR) is 77.8 cm³/mol. The van der Waals surface area contributed by atoms with E-state index in [1.54, 1.807) is 0 Å². The van der Waals surface area contributed by atoms with E-state index in [0.717, 1.165) is 24.8 Å². The maximum absolute atomic E-state index is 5.64. The molecule has 2 aliphatic carbocycles. The molecule has 0 aliphatic heterocycles. The summed E-state index contributed by atoms with van der Waals surface area (Å²) >= 11 is 0. The van der Waals surface area contributed by atoms with Crippen LogP contribution in [0.25, 0.3) is 0 Å². The Hall–Kier alpha value is -1.20. The van der Waals surface area contributed by atoms with E-state index in [2.05, 4.69) is 27.2 Å². The van der Waals surface area contributed by atoms with E-state index in [0.29, 0.717) is 18.7 Å². The van der Waals surface area contributed by atoms with E-state index in [9.17, 15) is 0 Å². The Morgan fingerprint density at radius 2 is 2.15 bits per heavy atom. The smallest absolute Gasteiger partial charge is 0.316 e. The van der Waals surface area contributed by atoms with Crippen molar-refractivity contribution in [3.8, 4) is 6.01 Å². The highest BCUT2D eigenvalue weighted by Crippen LogP contribution is 2.24. The molecule has 0 atom stereocenters. The quantitative estimate of drug-likeness (QED) is 0.780. The molecule has 2 aliphatic rings. The van der Waals surface area contributed by atoms with Gasteiger partial charge in [0.2, 0.25) is 0 Å². The van der Waals surface area contributed by atoms with Crippen molar-refractivity contribution in [2.24, 2.45) is 0 Å². The fraction of sp³-hybridized carbons (Fsp3) is 0.733. The van der Waals surface area contributed by atoms with Crippen LogP contribution in [0.2, 0.25) is 0 Å². The third-order valence-corrected chi connectivity index (χ3v) is 4.06. The van der Waals surface area contributed by atoms with Gasteiger partial charge in [-0.25, -0.2) is 9.97 Å². The standard InChI is InChI=1S/C15H24N4O/c1-11-12(9-16-13-3-4-13)10-17-15(18-11)20-8-7-19(2)14-5-6-14/h10,13-14,16H,3-9H2,1-2H3. The van der Waals surface area contributed by atoms with Crippen LogP contribution >= 0.6 is 0 Å². The van der Waals surface area contributed by atoms with Gasteiger partial charge in [0.05, 0.1) is 0 Å². The first-order valence-corrected chi connectivity index (χ1v) is 7.61. The molecule has 1 N–H and O–H groups in total. The summed E-state index contributed by atoms with van der Waals surface area (Å²) < 4.78 is 5.64. The van der Waals surface area contributed by atoms with E-state index in [-0.39, 0.29) is 0 Å². The number of ether oxygens (including phenoxy) is 1. The van der Waals surface area contributed by atoms with Crippen LogP contribution in [0.4, 0.5) is 0 Å². The van der Waals surface area contributed by atoms with E-state index in [4.69, 9.17) is 4.74 Å². The molecule has 0 bridgehead atoms. The summed E-state index contributed by atoms with van der Waals surface area (Å²) in [6.07, 6.45) is 7.15. The summed E-state index contributed by atoms with van der Waals surface area (Å²) in [6, 6.07) is 1.99. The second-order valence-electron chi connectivity index (χ2n) is 5.98. The molecule has 20 heavy (non-hydrogen) atoms. The van der Waals surface area contributed by atoms with Gasteiger partial charge in [-0.2, -0.15) is 0 Å². The largest absolute Gasteiger partial charge is 0.462 e. The van der Waals surface area contributed by atoms with Crippen LogP contribution in [-0.4, -0.2) is 47.2 Å². The monoisotopic (exact) mass is 276 g/mol. The van der Waals surface area contributed by atoms with Gasteiger partial charge in [-0.15, -0.1) is 0 Å². The summed E-state index contributed by atoms with van der Waals surface area (Å²) in [5.74, 6) is 0. The second kappa shape index (κ2) is 6.06. The highest BCUT2D eigenvalue weighted by molar-refractivity contribution is 5.18. The third-order valence-electron chi connectivity index (χ3n) is 4.06. The molecule has 110 valence electrons. The second-order valence-corrected chi connectivity index (χ2v) is 5.98. The number of likely N-dealkylation sites (N-methyl/N-ethyl adjacent to an activating group) is 1. The van der Waals surface area contributed by atoms with Gasteiger partial charge in [0, 0.05) is 42.6 Å². The Kier molecular flexibility index (Phi) is 4.17. The van der Waals surface area contributed by atoms with Gasteiger partial charge in [0.25, 0.3) is 0 Å². The molecule has 1 heterocycles. The molecule has 0 radical (unpaired) electrons. The van der Waals surface area contributed by atoms with Crippen molar-refractivity contribution in [1.29, 1.82) is 0 Å². The minimum absolute atomic E-state index is 0.502. The summed E-state index contributed by atoms with van der Waals surface area (Å²) in [5.41, 5.74) is 2.18. The summed E-state index contributed by atoms with van der Waals surface area (Å²) in [5, 5.41) is 3.48. The lowest BCUT2D eigenvalue weighted by atomic mass is 10.2. The van der Waals surface area contributed by atoms with Crippen molar-refractivity contribution in [2.45, 2.75) is 51.2 Å². The SMILES string of the molecule is Cc1nc(OCCN(C)C2CC2)ncc1CNC1CC1. The van der Waals surface area contributed by atoms with Crippen LogP contribution in [0, 0.1) is 6.92 Å². The fourth-order valence-corrected chi connectivity index (χ4v) is 2.23. The molecule has 5 heteroatoms. The van der Waals surface area contributed by atoms with E-state index >= 15 is 0 Å². The first-order chi connectivity index (χ1) is 9.72. The lowest BCUT2D eigenvalue weighted by Gasteiger charge is -2.15. The van der Waals surface area contributed by atoms with E-state index in [1.165, 1.54) is 31.2 Å². The maximum atomic E-state index is 5.64. The zero-order chi connectivity index (χ0) is 13.9. The molecule has 3 rings (SSSR count). The Morgan fingerprint density at radius 1 is 1.35 bits per heavy atom. The molecule has 0 saturated heterocycles. The van der Waals surface area contributed by atoms with Gasteiger partial charge in [0.15, 0.2) is 0 Å².